The first kappa shape index (κ1) is 23.4. The van der Waals surface area contributed by atoms with Crippen molar-refractivity contribution in [3.63, 3.8) is 0 Å². The number of esters is 1. The molecule has 0 bridgehead atoms. The average Bonchev–Trinajstić information content (AvgIpc) is 3.26. The Morgan fingerprint density at radius 1 is 1.10 bits per heavy atom. The van der Waals surface area contributed by atoms with Crippen LogP contribution >= 0.6 is 0 Å². The van der Waals surface area contributed by atoms with Gasteiger partial charge < -0.3 is 10.1 Å². The van der Waals surface area contributed by atoms with Gasteiger partial charge in [0, 0.05) is 24.7 Å². The number of hydrogen-bond acceptors (Lipinski definition) is 6. The Kier molecular flexibility index (Phi) is 7.48. The lowest BCUT2D eigenvalue weighted by molar-refractivity contribution is -0.160. The fraction of sp³-hybridized carbons (Fsp3) is 0.591. The number of benzene rings is 1. The van der Waals surface area contributed by atoms with Gasteiger partial charge in [-0.25, -0.2) is 8.42 Å². The van der Waals surface area contributed by atoms with Crippen LogP contribution in [0, 0.1) is 5.92 Å². The molecule has 1 N–H and O–H groups in total. The maximum Gasteiger partial charge on any atom is 0.309 e. The van der Waals surface area contributed by atoms with Crippen LogP contribution in [0.15, 0.2) is 29.2 Å². The monoisotopic (exact) mass is 450 g/mol. The highest BCUT2D eigenvalue weighted by Gasteiger charge is 2.34. The molecule has 3 rings (SSSR count). The van der Waals surface area contributed by atoms with Crippen molar-refractivity contribution in [1.29, 1.82) is 0 Å². The Labute approximate surface area is 183 Å². The molecule has 0 radical (unpaired) electrons. The molecule has 1 saturated carbocycles. The van der Waals surface area contributed by atoms with E-state index in [4.69, 9.17) is 4.74 Å². The number of sulfonamides is 1. The summed E-state index contributed by atoms with van der Waals surface area (Å²) in [5, 5.41) is 2.92. The molecule has 0 unspecified atom stereocenters. The minimum absolute atomic E-state index is 0.0680. The lowest BCUT2D eigenvalue weighted by Gasteiger charge is -2.30. The molecule has 170 valence electrons. The number of ketones is 1. The van der Waals surface area contributed by atoms with Gasteiger partial charge in [0.15, 0.2) is 11.9 Å². The summed E-state index contributed by atoms with van der Waals surface area (Å²) >= 11 is 0. The quantitative estimate of drug-likeness (QED) is 0.504. The first-order chi connectivity index (χ1) is 14.7. The Bertz CT molecular complexity index is 931. The topological polar surface area (TPSA) is 110 Å². The number of ether oxygens (including phenoxy) is 1. The molecule has 1 aromatic carbocycles. The van der Waals surface area contributed by atoms with E-state index in [9.17, 15) is 22.8 Å². The second-order valence-corrected chi connectivity index (χ2v) is 10.3. The molecule has 1 heterocycles. The molecular weight excluding hydrogens is 420 g/mol. The second-order valence-electron chi connectivity index (χ2n) is 8.33. The molecule has 0 aromatic heterocycles. The number of Topliss-reactive ketones (excluding diaryl/α,β-unsaturated/α-hetero) is 1. The van der Waals surface area contributed by atoms with Gasteiger partial charge in [-0.15, -0.1) is 0 Å². The van der Waals surface area contributed by atoms with Crippen LogP contribution in [0.5, 0.6) is 0 Å². The normalized spacial score (nSPS) is 19.7. The van der Waals surface area contributed by atoms with E-state index in [1.165, 1.54) is 23.4 Å². The molecule has 8 nitrogen and oxygen atoms in total. The molecule has 0 spiro atoms. The first-order valence-corrected chi connectivity index (χ1v) is 12.2. The highest BCUT2D eigenvalue weighted by Crippen LogP contribution is 2.26. The second kappa shape index (κ2) is 9.91. The summed E-state index contributed by atoms with van der Waals surface area (Å²) in [6, 6.07) is 6.12. The van der Waals surface area contributed by atoms with E-state index in [1.54, 1.807) is 19.1 Å². The zero-order valence-corrected chi connectivity index (χ0v) is 18.8. The van der Waals surface area contributed by atoms with E-state index in [0.717, 1.165) is 25.7 Å². The number of nitrogens with one attached hydrogen (secondary N) is 1. The van der Waals surface area contributed by atoms with Gasteiger partial charge >= 0.3 is 5.97 Å². The molecule has 1 aromatic rings. The summed E-state index contributed by atoms with van der Waals surface area (Å²) in [6.45, 7) is 3.30. The third-order valence-electron chi connectivity index (χ3n) is 6.03. The van der Waals surface area contributed by atoms with Crippen molar-refractivity contribution in [3.05, 3.63) is 29.8 Å². The fourth-order valence-corrected chi connectivity index (χ4v) is 5.59. The van der Waals surface area contributed by atoms with Crippen molar-refractivity contribution in [2.24, 2.45) is 5.92 Å². The van der Waals surface area contributed by atoms with E-state index in [2.05, 4.69) is 5.32 Å². The summed E-state index contributed by atoms with van der Waals surface area (Å²) in [5.41, 5.74) is 0.337. The molecule has 2 aliphatic rings. The van der Waals surface area contributed by atoms with Crippen molar-refractivity contribution < 1.29 is 27.5 Å². The van der Waals surface area contributed by atoms with E-state index >= 15 is 0 Å². The van der Waals surface area contributed by atoms with Gasteiger partial charge in [0.25, 0.3) is 5.91 Å². The van der Waals surface area contributed by atoms with Crippen LogP contribution in [-0.4, -0.2) is 55.6 Å². The Morgan fingerprint density at radius 3 is 2.35 bits per heavy atom. The lowest BCUT2D eigenvalue weighted by atomic mass is 9.98. The van der Waals surface area contributed by atoms with Crippen LogP contribution in [0.2, 0.25) is 0 Å². The van der Waals surface area contributed by atoms with Crippen LogP contribution in [0.25, 0.3) is 0 Å². The molecule has 1 atom stereocenters. The summed E-state index contributed by atoms with van der Waals surface area (Å²) in [4.78, 5) is 36.4. The maximum atomic E-state index is 12.9. The van der Waals surface area contributed by atoms with Crippen LogP contribution in [-0.2, 0) is 24.3 Å². The van der Waals surface area contributed by atoms with Gasteiger partial charge in [-0.2, -0.15) is 4.31 Å². The smallest absolute Gasteiger partial charge is 0.309 e. The summed E-state index contributed by atoms with van der Waals surface area (Å²) in [5.74, 6) is -1.41. The Morgan fingerprint density at radius 2 is 1.74 bits per heavy atom. The van der Waals surface area contributed by atoms with Gasteiger partial charge in [0.2, 0.25) is 10.0 Å². The number of carbonyl (C=O) groups is 3. The van der Waals surface area contributed by atoms with E-state index < -0.39 is 28.0 Å². The van der Waals surface area contributed by atoms with Gasteiger partial charge in [-0.1, -0.05) is 25.0 Å². The molecule has 1 aliphatic carbocycles. The van der Waals surface area contributed by atoms with Crippen molar-refractivity contribution in [2.45, 2.75) is 69.4 Å². The van der Waals surface area contributed by atoms with Gasteiger partial charge in [-0.05, 0) is 51.7 Å². The molecule has 1 aliphatic heterocycles. The zero-order valence-electron chi connectivity index (χ0n) is 18.0. The minimum Gasteiger partial charge on any atom is -0.452 e. The molecule has 1 amide bonds. The number of amides is 1. The van der Waals surface area contributed by atoms with Gasteiger partial charge in [-0.3, -0.25) is 14.4 Å². The lowest BCUT2D eigenvalue weighted by Crippen LogP contribution is -2.44. The van der Waals surface area contributed by atoms with E-state index in [0.29, 0.717) is 18.4 Å². The molecule has 9 heteroatoms. The highest BCUT2D eigenvalue weighted by molar-refractivity contribution is 7.89. The third-order valence-corrected chi connectivity index (χ3v) is 7.92. The Hall–Kier alpha value is -2.26. The highest BCUT2D eigenvalue weighted by atomic mass is 32.2. The van der Waals surface area contributed by atoms with Crippen molar-refractivity contribution in [1.82, 2.24) is 9.62 Å². The SMILES string of the molecule is CC(=O)c1cccc(S(=O)(=O)N2CCC(C(=O)O[C@@H](C)C(=O)NC3CCCC3)CC2)c1. The van der Waals surface area contributed by atoms with E-state index in [1.807, 2.05) is 0 Å². The number of rotatable bonds is 7. The largest absolute Gasteiger partial charge is 0.452 e. The van der Waals surface area contributed by atoms with Gasteiger partial charge in [0.05, 0.1) is 10.8 Å². The first-order valence-electron chi connectivity index (χ1n) is 10.8. The zero-order chi connectivity index (χ0) is 22.6. The summed E-state index contributed by atoms with van der Waals surface area (Å²) < 4.78 is 32.5. The minimum atomic E-state index is -3.75. The standard InChI is InChI=1S/C22H30N2O6S/c1-15(25)18-6-5-9-20(14-18)31(28,29)24-12-10-17(11-13-24)22(27)30-16(2)21(26)23-19-7-3-4-8-19/h5-6,9,14,16-17,19H,3-4,7-8,10-13H2,1-2H3,(H,23,26)/t16-/m0/s1. The molecular formula is C22H30N2O6S. The number of hydrogen-bond donors (Lipinski definition) is 1. The predicted molar refractivity (Wildman–Crippen MR) is 114 cm³/mol. The van der Waals surface area contributed by atoms with Crippen LogP contribution in [0.3, 0.4) is 0 Å². The summed E-state index contributed by atoms with van der Waals surface area (Å²) in [6.07, 6.45) is 3.87. The van der Waals surface area contributed by atoms with Crippen molar-refractivity contribution in [2.75, 3.05) is 13.1 Å². The van der Waals surface area contributed by atoms with Gasteiger partial charge in [0.1, 0.15) is 0 Å². The maximum absolute atomic E-state index is 12.9. The van der Waals surface area contributed by atoms with Crippen LogP contribution in [0.1, 0.15) is 62.7 Å². The fourth-order valence-electron chi connectivity index (χ4n) is 4.07. The summed E-state index contributed by atoms with van der Waals surface area (Å²) in [7, 11) is -3.75. The van der Waals surface area contributed by atoms with E-state index in [-0.39, 0.29) is 35.7 Å². The number of piperidine rings is 1. The number of nitrogens with zero attached hydrogens (tertiary/aromatic N) is 1. The van der Waals surface area contributed by atoms with Crippen LogP contribution in [0.4, 0.5) is 0 Å². The average molecular weight is 451 g/mol. The van der Waals surface area contributed by atoms with Crippen LogP contribution < -0.4 is 5.32 Å². The third kappa shape index (κ3) is 5.71. The number of carbonyl (C=O) groups excluding carboxylic acids is 3. The van der Waals surface area contributed by atoms with Crippen molar-refractivity contribution in [3.8, 4) is 0 Å². The Balaban J connectivity index is 1.53. The van der Waals surface area contributed by atoms with Crippen molar-refractivity contribution >= 4 is 27.7 Å². The molecule has 2 fully saturated rings. The molecule has 1 saturated heterocycles. The predicted octanol–water partition coefficient (Wildman–Crippen LogP) is 2.28. The molecule has 31 heavy (non-hydrogen) atoms.